The first-order chi connectivity index (χ1) is 40.0. The highest BCUT2D eigenvalue weighted by atomic mass is 16.6. The zero-order valence-electron chi connectivity index (χ0n) is 53.0. The van der Waals surface area contributed by atoms with Gasteiger partial charge < -0.3 is 14.2 Å². The van der Waals surface area contributed by atoms with Crippen molar-refractivity contribution < 1.29 is 28.6 Å². The van der Waals surface area contributed by atoms with Crippen LogP contribution < -0.4 is 0 Å². The van der Waals surface area contributed by atoms with Crippen LogP contribution in [0.1, 0.15) is 316 Å². The molecule has 0 spiro atoms. The molecule has 0 aromatic rings. The Bertz CT molecular complexity index is 1670. The van der Waals surface area contributed by atoms with Gasteiger partial charge in [-0.3, -0.25) is 14.4 Å². The SMILES string of the molecule is CC/C=C\C/C=C\C/C=C\C/C=C\C/C=C\C/C=C\C/C=C\CCCCCC(=O)OC(COC(=O)CCCCCCCCCCCCC)COC(=O)CCCCCCCCCCCCCC/C=C\C/C=C\C/C=C\CCCCCCC. The van der Waals surface area contributed by atoms with Gasteiger partial charge in [0.1, 0.15) is 13.2 Å². The quantitative estimate of drug-likeness (QED) is 0.0261. The molecule has 462 valence electrons. The Labute approximate surface area is 501 Å². The molecule has 0 rings (SSSR count). The number of ether oxygens (including phenoxy) is 3. The maximum atomic E-state index is 12.9. The van der Waals surface area contributed by atoms with Crippen molar-refractivity contribution >= 4 is 17.9 Å². The lowest BCUT2D eigenvalue weighted by Crippen LogP contribution is -2.30. The van der Waals surface area contributed by atoms with Crippen molar-refractivity contribution in [2.24, 2.45) is 0 Å². The van der Waals surface area contributed by atoms with Gasteiger partial charge in [0.25, 0.3) is 0 Å². The largest absolute Gasteiger partial charge is 0.462 e. The van der Waals surface area contributed by atoms with Gasteiger partial charge in [-0.1, -0.05) is 303 Å². The van der Waals surface area contributed by atoms with Crippen LogP contribution in [0.2, 0.25) is 0 Å². The summed E-state index contributed by atoms with van der Waals surface area (Å²) in [6.07, 6.45) is 95.0. The van der Waals surface area contributed by atoms with Gasteiger partial charge in [-0.15, -0.1) is 0 Å². The predicted molar refractivity (Wildman–Crippen MR) is 353 cm³/mol. The lowest BCUT2D eigenvalue weighted by atomic mass is 10.0. The minimum Gasteiger partial charge on any atom is -0.462 e. The van der Waals surface area contributed by atoms with E-state index in [9.17, 15) is 14.4 Å². The Hall–Kier alpha value is -4.19. The van der Waals surface area contributed by atoms with E-state index in [2.05, 4.69) is 142 Å². The average molecular weight is 1120 g/mol. The summed E-state index contributed by atoms with van der Waals surface area (Å²) in [5, 5.41) is 0. The summed E-state index contributed by atoms with van der Waals surface area (Å²) < 4.78 is 16.9. The highest BCUT2D eigenvalue weighted by Crippen LogP contribution is 2.16. The number of rotatable bonds is 61. The highest BCUT2D eigenvalue weighted by Gasteiger charge is 2.19. The lowest BCUT2D eigenvalue weighted by Gasteiger charge is -2.18. The van der Waals surface area contributed by atoms with Crippen LogP contribution in [0.4, 0.5) is 0 Å². The number of carbonyl (C=O) groups excluding carboxylic acids is 3. The van der Waals surface area contributed by atoms with Gasteiger partial charge in [0.05, 0.1) is 0 Å². The van der Waals surface area contributed by atoms with Crippen LogP contribution in [0.5, 0.6) is 0 Å². The standard InChI is InChI=1S/C75H126O6/c1-4-7-10-13-16-19-22-24-26-28-30-32-34-36-37-39-40-42-44-46-48-50-53-56-59-62-65-68-74(77)80-71-72(70-79-73(76)67-64-61-58-55-52-21-18-15-12-9-6-3)81-75(78)69-66-63-60-57-54-51-49-47-45-43-41-38-35-33-31-29-27-25-23-20-17-14-11-8-5-2/h8,11,17,20,22,24-25,27-28,30-31,33-34,36,38,41,45,47,51,54,72H,4-7,9-10,12-16,18-19,21,23,26,29,32,35,37,39-40,42-44,46,48-50,52-53,55-71H2,1-3H3/b11-8-,20-17-,24-22-,27-25-,30-28-,33-31-,36-34-,41-38-,47-45-,54-51-. The van der Waals surface area contributed by atoms with E-state index in [-0.39, 0.29) is 37.5 Å². The smallest absolute Gasteiger partial charge is 0.306 e. The normalized spacial score (nSPS) is 12.9. The third-order valence-electron chi connectivity index (χ3n) is 14.5. The van der Waals surface area contributed by atoms with Gasteiger partial charge >= 0.3 is 17.9 Å². The molecule has 0 fully saturated rings. The summed E-state index contributed by atoms with van der Waals surface area (Å²) in [5.41, 5.74) is 0. The molecule has 0 aromatic heterocycles. The van der Waals surface area contributed by atoms with Crippen molar-refractivity contribution in [3.05, 3.63) is 122 Å². The average Bonchev–Trinajstić information content (AvgIpc) is 3.47. The van der Waals surface area contributed by atoms with Crippen molar-refractivity contribution in [2.45, 2.75) is 322 Å². The fourth-order valence-electron chi connectivity index (χ4n) is 9.37. The molecule has 81 heavy (non-hydrogen) atoms. The number of esters is 3. The molecule has 6 heteroatoms. The Balaban J connectivity index is 4.33. The molecule has 0 aliphatic rings. The summed E-state index contributed by atoms with van der Waals surface area (Å²) in [4.78, 5) is 38.3. The summed E-state index contributed by atoms with van der Waals surface area (Å²) in [6.45, 7) is 6.50. The van der Waals surface area contributed by atoms with Crippen LogP contribution in [0.15, 0.2) is 122 Å². The first kappa shape index (κ1) is 76.8. The van der Waals surface area contributed by atoms with Crippen molar-refractivity contribution in [3.8, 4) is 0 Å². The molecule has 1 atom stereocenters. The molecule has 0 bridgehead atoms. The van der Waals surface area contributed by atoms with E-state index in [0.717, 1.165) is 122 Å². The Morgan fingerprint density at radius 3 is 0.765 bits per heavy atom. The lowest BCUT2D eigenvalue weighted by molar-refractivity contribution is -0.167. The molecule has 0 aromatic carbocycles. The Morgan fingerprint density at radius 2 is 0.481 bits per heavy atom. The molecular formula is C75H126O6. The maximum Gasteiger partial charge on any atom is 0.306 e. The number of hydrogen-bond acceptors (Lipinski definition) is 6. The molecule has 1 unspecified atom stereocenters. The van der Waals surface area contributed by atoms with Crippen LogP contribution in [0.25, 0.3) is 0 Å². The molecule has 0 saturated carbocycles. The zero-order chi connectivity index (χ0) is 58.5. The fraction of sp³-hybridized carbons (Fsp3) is 0.693. The van der Waals surface area contributed by atoms with E-state index >= 15 is 0 Å². The maximum absolute atomic E-state index is 12.9. The van der Waals surface area contributed by atoms with Crippen LogP contribution in [0, 0.1) is 0 Å². The minimum atomic E-state index is -0.799. The summed E-state index contributed by atoms with van der Waals surface area (Å²) >= 11 is 0. The second kappa shape index (κ2) is 68.3. The van der Waals surface area contributed by atoms with Gasteiger partial charge in [-0.2, -0.15) is 0 Å². The van der Waals surface area contributed by atoms with E-state index in [1.807, 2.05) is 0 Å². The molecule has 0 heterocycles. The number of carbonyl (C=O) groups is 3. The third kappa shape index (κ3) is 66.5. The molecular weight excluding hydrogens is 997 g/mol. The number of unbranched alkanes of at least 4 members (excludes halogenated alkanes) is 30. The molecule has 0 saturated heterocycles. The first-order valence-electron chi connectivity index (χ1n) is 34.0. The molecule has 0 amide bonds. The summed E-state index contributed by atoms with van der Waals surface area (Å²) in [7, 11) is 0. The van der Waals surface area contributed by atoms with Crippen LogP contribution >= 0.6 is 0 Å². The van der Waals surface area contributed by atoms with E-state index in [4.69, 9.17) is 14.2 Å². The molecule has 0 aliphatic heterocycles. The van der Waals surface area contributed by atoms with E-state index in [0.29, 0.717) is 12.8 Å². The van der Waals surface area contributed by atoms with Crippen LogP contribution in [-0.4, -0.2) is 37.2 Å². The van der Waals surface area contributed by atoms with Gasteiger partial charge in [-0.05, 0) is 116 Å². The van der Waals surface area contributed by atoms with Gasteiger partial charge in [-0.25, -0.2) is 0 Å². The molecule has 0 N–H and O–H groups in total. The van der Waals surface area contributed by atoms with Gasteiger partial charge in [0.15, 0.2) is 6.10 Å². The molecule has 0 radical (unpaired) electrons. The predicted octanol–water partition coefficient (Wildman–Crippen LogP) is 23.6. The van der Waals surface area contributed by atoms with Gasteiger partial charge in [0, 0.05) is 19.3 Å². The monoisotopic (exact) mass is 1120 g/mol. The Morgan fingerprint density at radius 1 is 0.259 bits per heavy atom. The first-order valence-corrected chi connectivity index (χ1v) is 34.0. The van der Waals surface area contributed by atoms with Crippen molar-refractivity contribution in [3.63, 3.8) is 0 Å². The second-order valence-electron chi connectivity index (χ2n) is 22.4. The number of hydrogen-bond donors (Lipinski definition) is 0. The summed E-state index contributed by atoms with van der Waals surface area (Å²) in [5.74, 6) is -0.920. The molecule has 6 nitrogen and oxygen atoms in total. The molecule has 0 aliphatic carbocycles. The van der Waals surface area contributed by atoms with Crippen LogP contribution in [-0.2, 0) is 28.6 Å². The van der Waals surface area contributed by atoms with Crippen molar-refractivity contribution in [1.29, 1.82) is 0 Å². The summed E-state index contributed by atoms with van der Waals surface area (Å²) in [6, 6.07) is 0. The van der Waals surface area contributed by atoms with Gasteiger partial charge in [0.2, 0.25) is 0 Å². The zero-order valence-corrected chi connectivity index (χ0v) is 53.0. The topological polar surface area (TPSA) is 78.9 Å². The minimum absolute atomic E-state index is 0.0919. The highest BCUT2D eigenvalue weighted by molar-refractivity contribution is 5.71. The third-order valence-corrected chi connectivity index (χ3v) is 14.5. The van der Waals surface area contributed by atoms with Crippen LogP contribution in [0.3, 0.4) is 0 Å². The Kier molecular flexibility index (Phi) is 64.8. The van der Waals surface area contributed by atoms with Crippen molar-refractivity contribution in [1.82, 2.24) is 0 Å². The van der Waals surface area contributed by atoms with E-state index in [1.165, 1.54) is 154 Å². The van der Waals surface area contributed by atoms with Crippen molar-refractivity contribution in [2.75, 3.05) is 13.2 Å². The van der Waals surface area contributed by atoms with E-state index < -0.39 is 6.10 Å². The second-order valence-corrected chi connectivity index (χ2v) is 22.4. The number of allylic oxidation sites excluding steroid dienone is 20. The fourth-order valence-corrected chi connectivity index (χ4v) is 9.37. The van der Waals surface area contributed by atoms with E-state index in [1.54, 1.807) is 0 Å².